The van der Waals surface area contributed by atoms with Crippen molar-refractivity contribution in [3.8, 4) is 0 Å². The van der Waals surface area contributed by atoms with Gasteiger partial charge in [-0.3, -0.25) is 9.82 Å². The molecule has 1 aromatic rings. The van der Waals surface area contributed by atoms with Gasteiger partial charge in [0.15, 0.2) is 0 Å². The minimum atomic E-state index is -0.237. The number of ether oxygens (including phenoxy) is 1. The average Bonchev–Trinajstić information content (AvgIpc) is 2.48. The van der Waals surface area contributed by atoms with Gasteiger partial charge in [-0.25, -0.2) is 0 Å². The number of rotatable bonds is 1. The van der Waals surface area contributed by atoms with E-state index in [0.717, 1.165) is 23.9 Å². The smallest absolute Gasteiger partial charge is 0.133 e. The summed E-state index contributed by atoms with van der Waals surface area (Å²) in [4.78, 5) is 0. The van der Waals surface area contributed by atoms with E-state index in [0.29, 0.717) is 0 Å². The van der Waals surface area contributed by atoms with Crippen molar-refractivity contribution in [2.45, 2.75) is 31.0 Å². The van der Waals surface area contributed by atoms with Crippen molar-refractivity contribution in [3.63, 3.8) is 0 Å². The molecule has 1 aliphatic rings. The molecule has 0 amide bonds. The fourth-order valence-corrected chi connectivity index (χ4v) is 1.89. The normalized spacial score (nSPS) is 19.9. The summed E-state index contributed by atoms with van der Waals surface area (Å²) in [5, 5.41) is 10.6. The second-order valence-electron chi connectivity index (χ2n) is 3.57. The molecule has 0 atom stereocenters. The first-order chi connectivity index (χ1) is 6.13. The lowest BCUT2D eigenvalue weighted by molar-refractivity contribution is -0.0532. The van der Waals surface area contributed by atoms with Gasteiger partial charge >= 0.3 is 0 Å². The summed E-state index contributed by atoms with van der Waals surface area (Å²) in [5.41, 5.74) is 0.867. The van der Waals surface area contributed by atoms with Gasteiger partial charge in [0, 0.05) is 0 Å². The van der Waals surface area contributed by atoms with Crippen LogP contribution in [0.2, 0.25) is 0 Å². The van der Waals surface area contributed by atoms with Crippen LogP contribution in [0, 0.1) is 0 Å². The summed E-state index contributed by atoms with van der Waals surface area (Å²) in [5.74, 6) is 0. The molecule has 0 unspecified atom stereocenters. The highest BCUT2D eigenvalue weighted by molar-refractivity contribution is 7.97. The molecule has 0 aromatic carbocycles. The molecule has 13 heavy (non-hydrogen) atoms. The second kappa shape index (κ2) is 3.01. The Bertz CT molecular complexity index is 321. The Hall–Kier alpha value is -0.520. The Morgan fingerprint density at radius 2 is 2.46 bits per heavy atom. The molecule has 2 rings (SSSR count). The highest BCUT2D eigenvalue weighted by Crippen LogP contribution is 2.30. The van der Waals surface area contributed by atoms with Gasteiger partial charge in [0.1, 0.15) is 10.6 Å². The summed E-state index contributed by atoms with van der Waals surface area (Å²) >= 11 is 1.18. The largest absolute Gasteiger partial charge is 0.367 e. The molecule has 1 aliphatic heterocycles. The van der Waals surface area contributed by atoms with Gasteiger partial charge in [0.25, 0.3) is 0 Å². The highest BCUT2D eigenvalue weighted by Gasteiger charge is 2.30. The van der Waals surface area contributed by atoms with Gasteiger partial charge < -0.3 is 4.74 Å². The number of nitrogens with two attached hydrogens (primary N) is 1. The third kappa shape index (κ3) is 1.47. The van der Waals surface area contributed by atoms with Gasteiger partial charge in [-0.05, 0) is 31.9 Å². The molecule has 5 heteroatoms. The molecule has 1 aromatic heterocycles. The Morgan fingerprint density at radius 3 is 3.08 bits per heavy atom. The topological polar surface area (TPSA) is 53.1 Å². The fourth-order valence-electron chi connectivity index (χ4n) is 1.57. The zero-order chi connectivity index (χ0) is 9.47. The molecule has 4 nitrogen and oxygen atoms in total. The van der Waals surface area contributed by atoms with Gasteiger partial charge in [-0.15, -0.1) is 0 Å². The van der Waals surface area contributed by atoms with Crippen molar-refractivity contribution in [2.24, 2.45) is 5.14 Å². The van der Waals surface area contributed by atoms with Crippen LogP contribution in [-0.2, 0) is 16.9 Å². The van der Waals surface area contributed by atoms with Crippen molar-refractivity contribution < 1.29 is 4.74 Å². The maximum absolute atomic E-state index is 5.64. The quantitative estimate of drug-likeness (QED) is 0.688. The SMILES string of the molecule is CC1(C)OCCn2nc(SN)cc21. The van der Waals surface area contributed by atoms with Crippen molar-refractivity contribution in [1.82, 2.24) is 9.78 Å². The van der Waals surface area contributed by atoms with Crippen LogP contribution in [0.25, 0.3) is 0 Å². The molecule has 0 aliphatic carbocycles. The van der Waals surface area contributed by atoms with Crippen LogP contribution >= 0.6 is 11.9 Å². The van der Waals surface area contributed by atoms with Crippen molar-refractivity contribution >= 4 is 11.9 Å². The lowest BCUT2D eigenvalue weighted by atomic mass is 10.0. The van der Waals surface area contributed by atoms with Gasteiger partial charge in [-0.1, -0.05) is 0 Å². The molecule has 0 bridgehead atoms. The molecule has 2 heterocycles. The van der Waals surface area contributed by atoms with Gasteiger partial charge in [0.05, 0.1) is 18.8 Å². The first-order valence-corrected chi connectivity index (χ1v) is 5.10. The zero-order valence-corrected chi connectivity index (χ0v) is 8.60. The minimum Gasteiger partial charge on any atom is -0.367 e. The maximum Gasteiger partial charge on any atom is 0.133 e. The first-order valence-electron chi connectivity index (χ1n) is 4.22. The van der Waals surface area contributed by atoms with E-state index < -0.39 is 0 Å². The van der Waals surface area contributed by atoms with E-state index in [1.54, 1.807) is 0 Å². The number of hydrogen-bond acceptors (Lipinski definition) is 4. The van der Waals surface area contributed by atoms with Gasteiger partial charge in [-0.2, -0.15) is 5.10 Å². The number of nitrogens with zero attached hydrogens (tertiary/aromatic N) is 2. The Kier molecular flexibility index (Phi) is 2.09. The summed E-state index contributed by atoms with van der Waals surface area (Å²) in [6.07, 6.45) is 0. The second-order valence-corrected chi connectivity index (χ2v) is 4.22. The molecule has 2 N–H and O–H groups in total. The number of fused-ring (bicyclic) bond motifs is 1. The molecule has 0 spiro atoms. The zero-order valence-electron chi connectivity index (χ0n) is 7.78. The van der Waals surface area contributed by atoms with Crippen LogP contribution in [-0.4, -0.2) is 16.4 Å². The Balaban J connectivity index is 2.44. The van der Waals surface area contributed by atoms with E-state index in [2.05, 4.69) is 5.10 Å². The molecular formula is C8H13N3OS. The summed E-state index contributed by atoms with van der Waals surface area (Å²) in [6.45, 7) is 5.63. The van der Waals surface area contributed by atoms with Crippen molar-refractivity contribution in [1.29, 1.82) is 0 Å². The van der Waals surface area contributed by atoms with Crippen LogP contribution in [0.5, 0.6) is 0 Å². The first kappa shape index (κ1) is 9.05. The highest BCUT2D eigenvalue weighted by atomic mass is 32.2. The molecule has 0 radical (unpaired) electrons. The predicted molar refractivity (Wildman–Crippen MR) is 51.2 cm³/mol. The van der Waals surface area contributed by atoms with E-state index in [-0.39, 0.29) is 5.60 Å². The monoisotopic (exact) mass is 199 g/mol. The van der Waals surface area contributed by atoms with Gasteiger partial charge in [0.2, 0.25) is 0 Å². The fraction of sp³-hybridized carbons (Fsp3) is 0.625. The summed E-state index contributed by atoms with van der Waals surface area (Å²) < 4.78 is 7.61. The van der Waals surface area contributed by atoms with E-state index in [1.807, 2.05) is 24.6 Å². The van der Waals surface area contributed by atoms with Crippen molar-refractivity contribution in [3.05, 3.63) is 11.8 Å². The lowest BCUT2D eigenvalue weighted by Crippen LogP contribution is -2.33. The number of aromatic nitrogens is 2. The Labute approximate surface area is 81.6 Å². The number of hydrogen-bond donors (Lipinski definition) is 1. The van der Waals surface area contributed by atoms with Crippen molar-refractivity contribution in [2.75, 3.05) is 6.61 Å². The average molecular weight is 199 g/mol. The van der Waals surface area contributed by atoms with E-state index >= 15 is 0 Å². The third-order valence-corrected chi connectivity index (χ3v) is 2.70. The summed E-state index contributed by atoms with van der Waals surface area (Å²) in [6, 6.07) is 1.99. The summed E-state index contributed by atoms with van der Waals surface area (Å²) in [7, 11) is 0. The maximum atomic E-state index is 5.64. The van der Waals surface area contributed by atoms with Crippen LogP contribution < -0.4 is 5.14 Å². The van der Waals surface area contributed by atoms with Crippen LogP contribution in [0.15, 0.2) is 11.1 Å². The third-order valence-electron chi connectivity index (χ3n) is 2.26. The van der Waals surface area contributed by atoms with Crippen LogP contribution in [0.3, 0.4) is 0 Å². The van der Waals surface area contributed by atoms with Crippen LogP contribution in [0.4, 0.5) is 0 Å². The van der Waals surface area contributed by atoms with Crippen LogP contribution in [0.1, 0.15) is 19.5 Å². The van der Waals surface area contributed by atoms with E-state index in [4.69, 9.17) is 9.88 Å². The lowest BCUT2D eigenvalue weighted by Gasteiger charge is -2.30. The molecular weight excluding hydrogens is 186 g/mol. The molecule has 0 fully saturated rings. The molecule has 72 valence electrons. The minimum absolute atomic E-state index is 0.237. The van der Waals surface area contributed by atoms with E-state index in [1.165, 1.54) is 11.9 Å². The van der Waals surface area contributed by atoms with E-state index in [9.17, 15) is 0 Å². The Morgan fingerprint density at radius 1 is 1.69 bits per heavy atom. The molecule has 0 saturated heterocycles. The molecule has 0 saturated carbocycles. The predicted octanol–water partition coefficient (Wildman–Crippen LogP) is 1.11. The standard InChI is InChI=1S/C8H13N3OS/c1-8(2)6-5-7(13-9)10-11(6)3-4-12-8/h5H,3-4,9H2,1-2H3.